The molecule has 1 atom stereocenters. The van der Waals surface area contributed by atoms with Gasteiger partial charge in [-0.2, -0.15) is 0 Å². The lowest BCUT2D eigenvalue weighted by Gasteiger charge is -2.11. The average molecular weight is 265 g/mol. The minimum absolute atomic E-state index is 0.123. The summed E-state index contributed by atoms with van der Waals surface area (Å²) in [6.07, 6.45) is 1.17. The number of ether oxygens (including phenoxy) is 2. The number of carbonyl (C=O) groups is 1. The number of phenolic OH excluding ortho intramolecular Hbond substituents is 1. The average Bonchev–Trinajstić information content (AvgIpc) is 2.77. The van der Waals surface area contributed by atoms with Gasteiger partial charge in [-0.15, -0.1) is 0 Å². The zero-order valence-electron chi connectivity index (χ0n) is 11.0. The fourth-order valence-electron chi connectivity index (χ4n) is 2.11. The van der Waals surface area contributed by atoms with Crippen LogP contribution in [0.15, 0.2) is 18.2 Å². The Bertz CT molecular complexity index is 447. The van der Waals surface area contributed by atoms with Gasteiger partial charge in [0.1, 0.15) is 18.1 Å². The minimum atomic E-state index is -0.155. The summed E-state index contributed by atoms with van der Waals surface area (Å²) in [5.41, 5.74) is 1.05. The van der Waals surface area contributed by atoms with E-state index in [0.29, 0.717) is 19.6 Å². The van der Waals surface area contributed by atoms with Crippen LogP contribution in [0.25, 0.3) is 0 Å². The summed E-state index contributed by atoms with van der Waals surface area (Å²) < 4.78 is 10.4. The lowest BCUT2D eigenvalue weighted by molar-refractivity contribution is -0.143. The lowest BCUT2D eigenvalue weighted by Crippen LogP contribution is -2.24. The highest BCUT2D eigenvalue weighted by molar-refractivity contribution is 5.69. The first-order chi connectivity index (χ1) is 9.20. The Labute approximate surface area is 112 Å². The van der Waals surface area contributed by atoms with Crippen molar-refractivity contribution in [1.29, 1.82) is 0 Å². The van der Waals surface area contributed by atoms with E-state index in [1.54, 1.807) is 19.1 Å². The topological polar surface area (TPSA) is 67.8 Å². The van der Waals surface area contributed by atoms with Crippen LogP contribution in [-0.4, -0.2) is 30.8 Å². The summed E-state index contributed by atoms with van der Waals surface area (Å²) in [4.78, 5) is 11.2. The van der Waals surface area contributed by atoms with Crippen LogP contribution in [0.2, 0.25) is 0 Å². The van der Waals surface area contributed by atoms with Gasteiger partial charge in [-0.25, -0.2) is 0 Å². The summed E-state index contributed by atoms with van der Waals surface area (Å²) in [5.74, 6) is 0.780. The Balaban J connectivity index is 1.76. The summed E-state index contributed by atoms with van der Waals surface area (Å²) in [7, 11) is 0. The number of phenols is 1. The van der Waals surface area contributed by atoms with Crippen LogP contribution in [-0.2, 0) is 9.53 Å². The van der Waals surface area contributed by atoms with Gasteiger partial charge in [-0.05, 0) is 32.0 Å². The van der Waals surface area contributed by atoms with Crippen molar-refractivity contribution in [3.63, 3.8) is 0 Å². The first-order valence-corrected chi connectivity index (χ1v) is 6.55. The highest BCUT2D eigenvalue weighted by atomic mass is 16.5. The molecule has 0 aromatic heterocycles. The SMILES string of the molecule is CCOC(=O)CCCNC1COc2cc(O)ccc21. The normalized spacial score (nSPS) is 16.8. The molecule has 5 heteroatoms. The number of esters is 1. The van der Waals surface area contributed by atoms with Crippen LogP contribution in [0.4, 0.5) is 0 Å². The Morgan fingerprint density at radius 1 is 1.58 bits per heavy atom. The zero-order chi connectivity index (χ0) is 13.7. The van der Waals surface area contributed by atoms with Gasteiger partial charge in [0.05, 0.1) is 12.6 Å². The maximum absolute atomic E-state index is 11.2. The molecule has 0 fully saturated rings. The van der Waals surface area contributed by atoms with Crippen LogP contribution in [0, 0.1) is 0 Å². The first-order valence-electron chi connectivity index (χ1n) is 6.55. The fourth-order valence-corrected chi connectivity index (χ4v) is 2.11. The van der Waals surface area contributed by atoms with E-state index < -0.39 is 0 Å². The van der Waals surface area contributed by atoms with Crippen LogP contribution in [0.3, 0.4) is 0 Å². The van der Waals surface area contributed by atoms with Gasteiger partial charge in [0.25, 0.3) is 0 Å². The molecule has 2 rings (SSSR count). The molecular formula is C14H19NO4. The molecule has 104 valence electrons. The molecule has 0 amide bonds. The number of aromatic hydroxyl groups is 1. The van der Waals surface area contributed by atoms with Gasteiger partial charge in [0, 0.05) is 18.1 Å². The van der Waals surface area contributed by atoms with E-state index in [1.165, 1.54) is 0 Å². The maximum Gasteiger partial charge on any atom is 0.305 e. The number of fused-ring (bicyclic) bond motifs is 1. The van der Waals surface area contributed by atoms with Crippen molar-refractivity contribution in [3.05, 3.63) is 23.8 Å². The largest absolute Gasteiger partial charge is 0.508 e. The second-order valence-electron chi connectivity index (χ2n) is 4.45. The van der Waals surface area contributed by atoms with Crippen LogP contribution in [0.1, 0.15) is 31.4 Å². The molecule has 1 aromatic rings. The van der Waals surface area contributed by atoms with Crippen molar-refractivity contribution in [2.24, 2.45) is 0 Å². The molecule has 0 bridgehead atoms. The van der Waals surface area contributed by atoms with Crippen molar-refractivity contribution in [1.82, 2.24) is 5.32 Å². The third-order valence-corrected chi connectivity index (χ3v) is 3.03. The van der Waals surface area contributed by atoms with Gasteiger partial charge >= 0.3 is 5.97 Å². The molecule has 1 aliphatic rings. The Morgan fingerprint density at radius 3 is 3.21 bits per heavy atom. The number of carbonyl (C=O) groups excluding carboxylic acids is 1. The smallest absolute Gasteiger partial charge is 0.305 e. The fraction of sp³-hybridized carbons (Fsp3) is 0.500. The molecule has 2 N–H and O–H groups in total. The quantitative estimate of drug-likeness (QED) is 0.606. The monoisotopic (exact) mass is 265 g/mol. The summed E-state index contributed by atoms with van der Waals surface area (Å²) >= 11 is 0. The molecule has 1 unspecified atom stereocenters. The number of nitrogens with one attached hydrogen (secondary N) is 1. The van der Waals surface area contributed by atoms with Gasteiger partial charge in [0.2, 0.25) is 0 Å². The third kappa shape index (κ3) is 3.61. The number of rotatable bonds is 6. The van der Waals surface area contributed by atoms with Gasteiger partial charge in [-0.3, -0.25) is 4.79 Å². The Hall–Kier alpha value is -1.75. The molecule has 1 heterocycles. The second kappa shape index (κ2) is 6.43. The Morgan fingerprint density at radius 2 is 2.42 bits per heavy atom. The van der Waals surface area contributed by atoms with Gasteiger partial charge < -0.3 is 19.9 Å². The van der Waals surface area contributed by atoms with Crippen LogP contribution in [0.5, 0.6) is 11.5 Å². The molecule has 5 nitrogen and oxygen atoms in total. The highest BCUT2D eigenvalue weighted by Crippen LogP contribution is 2.34. The van der Waals surface area contributed by atoms with E-state index in [4.69, 9.17) is 9.47 Å². The number of hydrogen-bond acceptors (Lipinski definition) is 5. The molecule has 0 saturated carbocycles. The lowest BCUT2D eigenvalue weighted by atomic mass is 10.1. The van der Waals surface area contributed by atoms with E-state index in [-0.39, 0.29) is 17.8 Å². The van der Waals surface area contributed by atoms with E-state index in [2.05, 4.69) is 5.32 Å². The predicted octanol–water partition coefficient (Wildman–Crippen LogP) is 1.76. The maximum atomic E-state index is 11.2. The van der Waals surface area contributed by atoms with E-state index in [1.807, 2.05) is 6.07 Å². The van der Waals surface area contributed by atoms with Crippen molar-refractivity contribution >= 4 is 5.97 Å². The second-order valence-corrected chi connectivity index (χ2v) is 4.45. The molecule has 0 aliphatic carbocycles. The highest BCUT2D eigenvalue weighted by Gasteiger charge is 2.23. The van der Waals surface area contributed by atoms with Crippen LogP contribution >= 0.6 is 0 Å². The number of hydrogen-bond donors (Lipinski definition) is 2. The van der Waals surface area contributed by atoms with Crippen molar-refractivity contribution in [2.75, 3.05) is 19.8 Å². The van der Waals surface area contributed by atoms with Gasteiger partial charge in [-0.1, -0.05) is 0 Å². The van der Waals surface area contributed by atoms with E-state index >= 15 is 0 Å². The van der Waals surface area contributed by atoms with Gasteiger partial charge in [0.15, 0.2) is 0 Å². The van der Waals surface area contributed by atoms with Crippen molar-refractivity contribution in [3.8, 4) is 11.5 Å². The summed E-state index contributed by atoms with van der Waals surface area (Å²) in [6.45, 7) is 3.52. The molecule has 1 aliphatic heterocycles. The van der Waals surface area contributed by atoms with E-state index in [0.717, 1.165) is 24.3 Å². The molecule has 0 spiro atoms. The van der Waals surface area contributed by atoms with Crippen molar-refractivity contribution < 1.29 is 19.4 Å². The molecule has 0 saturated heterocycles. The standard InChI is InChI=1S/C14H19NO4/c1-2-18-14(17)4-3-7-15-12-9-19-13-8-10(16)5-6-11(12)13/h5-6,8,12,15-16H,2-4,7,9H2,1H3. The molecular weight excluding hydrogens is 246 g/mol. The summed E-state index contributed by atoms with van der Waals surface area (Å²) in [5, 5.41) is 12.7. The van der Waals surface area contributed by atoms with E-state index in [9.17, 15) is 9.90 Å². The molecule has 19 heavy (non-hydrogen) atoms. The Kier molecular flexibility index (Phi) is 4.63. The minimum Gasteiger partial charge on any atom is -0.508 e. The predicted molar refractivity (Wildman–Crippen MR) is 70.2 cm³/mol. The third-order valence-electron chi connectivity index (χ3n) is 3.03. The van der Waals surface area contributed by atoms with Crippen LogP contribution < -0.4 is 10.1 Å². The number of benzene rings is 1. The molecule has 1 aromatic carbocycles. The van der Waals surface area contributed by atoms with Crippen molar-refractivity contribution in [2.45, 2.75) is 25.8 Å². The molecule has 0 radical (unpaired) electrons. The summed E-state index contributed by atoms with van der Waals surface area (Å²) in [6, 6.07) is 5.26. The zero-order valence-corrected chi connectivity index (χ0v) is 11.0. The first kappa shape index (κ1) is 13.7.